The quantitative estimate of drug-likeness (QED) is 0.799. The van der Waals surface area contributed by atoms with Crippen LogP contribution in [0.1, 0.15) is 17.9 Å². The summed E-state index contributed by atoms with van der Waals surface area (Å²) in [6.07, 6.45) is 0.832. The number of amides is 2. The summed E-state index contributed by atoms with van der Waals surface area (Å²) in [7, 11) is 1.34. The molecular formula is C21H21F3N4O2. The van der Waals surface area contributed by atoms with E-state index in [-0.39, 0.29) is 11.3 Å². The Morgan fingerprint density at radius 3 is 2.53 bits per heavy atom. The third-order valence-electron chi connectivity index (χ3n) is 5.33. The number of hydrogen-bond acceptors (Lipinski definition) is 4. The van der Waals surface area contributed by atoms with Crippen LogP contribution in [0, 0.1) is 17.5 Å². The van der Waals surface area contributed by atoms with Crippen molar-refractivity contribution in [1.29, 1.82) is 0 Å². The van der Waals surface area contributed by atoms with E-state index in [1.165, 1.54) is 31.4 Å². The predicted molar refractivity (Wildman–Crippen MR) is 106 cm³/mol. The van der Waals surface area contributed by atoms with Crippen molar-refractivity contribution in [2.24, 2.45) is 4.99 Å². The molecule has 2 atom stereocenters. The number of amidine groups is 1. The molecule has 9 heteroatoms. The van der Waals surface area contributed by atoms with Crippen molar-refractivity contribution in [3.8, 4) is 5.75 Å². The molecule has 0 bridgehead atoms. The number of carbonyl (C=O) groups is 1. The van der Waals surface area contributed by atoms with Crippen LogP contribution >= 0.6 is 0 Å². The molecule has 1 fully saturated rings. The topological polar surface area (TPSA) is 66.0 Å². The lowest BCUT2D eigenvalue weighted by Gasteiger charge is -2.25. The number of nitrogens with one attached hydrogen (secondary N) is 2. The summed E-state index contributed by atoms with van der Waals surface area (Å²) in [6.45, 7) is 1.62. The normalized spacial score (nSPS) is 20.4. The highest BCUT2D eigenvalue weighted by Gasteiger charge is 2.43. The number of fused-ring (bicyclic) bond motifs is 1. The smallest absolute Gasteiger partial charge is 0.319 e. The van der Waals surface area contributed by atoms with Crippen molar-refractivity contribution < 1.29 is 22.7 Å². The molecule has 0 spiro atoms. The molecule has 30 heavy (non-hydrogen) atoms. The molecule has 0 saturated carbocycles. The van der Waals surface area contributed by atoms with Crippen LogP contribution in [0.25, 0.3) is 0 Å². The van der Waals surface area contributed by atoms with Gasteiger partial charge in [-0.25, -0.2) is 18.0 Å². The van der Waals surface area contributed by atoms with Gasteiger partial charge in [-0.1, -0.05) is 0 Å². The number of aliphatic imine (C=N–C) groups is 1. The number of rotatable bonds is 4. The number of carbonyl (C=O) groups excluding carboxylic acids is 1. The van der Waals surface area contributed by atoms with Gasteiger partial charge in [0.15, 0.2) is 0 Å². The Morgan fingerprint density at radius 1 is 1.17 bits per heavy atom. The minimum atomic E-state index is -0.733. The maximum absolute atomic E-state index is 14.8. The summed E-state index contributed by atoms with van der Waals surface area (Å²) in [5, 5.41) is 5.41. The minimum Gasteiger partial charge on any atom is -0.497 e. The molecule has 2 N–H and O–H groups in total. The largest absolute Gasteiger partial charge is 0.497 e. The van der Waals surface area contributed by atoms with Crippen molar-refractivity contribution in [3.63, 3.8) is 0 Å². The van der Waals surface area contributed by atoms with Gasteiger partial charge < -0.3 is 20.3 Å². The second-order valence-corrected chi connectivity index (χ2v) is 7.23. The Morgan fingerprint density at radius 2 is 1.87 bits per heavy atom. The molecule has 2 heterocycles. The van der Waals surface area contributed by atoms with E-state index in [1.807, 2.05) is 4.90 Å². The van der Waals surface area contributed by atoms with Gasteiger partial charge in [-0.2, -0.15) is 0 Å². The number of urea groups is 1. The summed E-state index contributed by atoms with van der Waals surface area (Å²) in [5.74, 6) is -1.86. The third-order valence-corrected chi connectivity index (χ3v) is 5.33. The maximum Gasteiger partial charge on any atom is 0.319 e. The number of nitrogens with zero attached hydrogens (tertiary/aromatic N) is 2. The molecule has 0 aliphatic carbocycles. The maximum atomic E-state index is 14.8. The third kappa shape index (κ3) is 3.92. The highest BCUT2D eigenvalue weighted by atomic mass is 19.1. The van der Waals surface area contributed by atoms with Crippen LogP contribution in [-0.2, 0) is 0 Å². The summed E-state index contributed by atoms with van der Waals surface area (Å²) in [5.41, 5.74) is 0.285. The molecule has 0 radical (unpaired) electrons. The highest BCUT2D eigenvalue weighted by molar-refractivity contribution is 5.97. The molecule has 2 aliphatic rings. The molecule has 2 aliphatic heterocycles. The van der Waals surface area contributed by atoms with Crippen LogP contribution in [0.2, 0.25) is 0 Å². The van der Waals surface area contributed by atoms with Crippen LogP contribution < -0.4 is 15.4 Å². The molecule has 2 amide bonds. The number of halogens is 3. The Bertz CT molecular complexity index is 958. The fourth-order valence-corrected chi connectivity index (χ4v) is 3.97. The van der Waals surface area contributed by atoms with Gasteiger partial charge in [0.05, 0.1) is 13.2 Å². The molecule has 2 aromatic carbocycles. The van der Waals surface area contributed by atoms with Crippen LogP contribution in [0.5, 0.6) is 5.75 Å². The Balaban J connectivity index is 1.61. The summed E-state index contributed by atoms with van der Waals surface area (Å²) in [6, 6.07) is 6.29. The van der Waals surface area contributed by atoms with Gasteiger partial charge in [0.2, 0.25) is 0 Å². The second kappa shape index (κ2) is 8.25. The SMILES string of the molecule is COc1cc(F)c(C2CN3CCCN=C3C2NC(=O)Nc2ccc(F)cc2)c(F)c1. The van der Waals surface area contributed by atoms with E-state index >= 15 is 0 Å². The molecule has 1 saturated heterocycles. The lowest BCUT2D eigenvalue weighted by atomic mass is 9.92. The lowest BCUT2D eigenvalue weighted by Crippen LogP contribution is -2.46. The van der Waals surface area contributed by atoms with Crippen LogP contribution in [0.3, 0.4) is 0 Å². The van der Waals surface area contributed by atoms with Gasteiger partial charge in [-0.3, -0.25) is 4.99 Å². The zero-order chi connectivity index (χ0) is 21.3. The lowest BCUT2D eigenvalue weighted by molar-refractivity contribution is 0.250. The molecule has 2 unspecified atom stereocenters. The first-order chi connectivity index (χ1) is 14.5. The molecular weight excluding hydrogens is 397 g/mol. The summed E-state index contributed by atoms with van der Waals surface area (Å²) in [4.78, 5) is 19.0. The van der Waals surface area contributed by atoms with E-state index in [4.69, 9.17) is 4.74 Å². The van der Waals surface area contributed by atoms with E-state index in [2.05, 4.69) is 15.6 Å². The molecule has 158 valence electrons. The van der Waals surface area contributed by atoms with Crippen molar-refractivity contribution in [1.82, 2.24) is 10.2 Å². The highest BCUT2D eigenvalue weighted by Crippen LogP contribution is 2.35. The van der Waals surface area contributed by atoms with Gasteiger partial charge in [0.25, 0.3) is 0 Å². The van der Waals surface area contributed by atoms with E-state index in [0.717, 1.165) is 18.6 Å². The standard InChI is InChI=1S/C21H21F3N4O2/c1-30-14-9-16(23)18(17(24)10-14)15-11-28-8-2-7-25-20(28)19(15)27-21(29)26-13-5-3-12(22)4-6-13/h3-6,9-10,15,19H,2,7-8,11H2,1H3,(H2,26,27,29). The predicted octanol–water partition coefficient (Wildman–Crippen LogP) is 3.50. The monoisotopic (exact) mass is 418 g/mol. The second-order valence-electron chi connectivity index (χ2n) is 7.23. The van der Waals surface area contributed by atoms with Crippen molar-refractivity contribution in [2.45, 2.75) is 18.4 Å². The zero-order valence-corrected chi connectivity index (χ0v) is 16.3. The molecule has 0 aromatic heterocycles. The zero-order valence-electron chi connectivity index (χ0n) is 16.3. The molecule has 2 aromatic rings. The average molecular weight is 418 g/mol. The van der Waals surface area contributed by atoms with Gasteiger partial charge in [-0.15, -0.1) is 0 Å². The van der Waals surface area contributed by atoms with E-state index < -0.39 is 35.4 Å². The number of methoxy groups -OCH3 is 1. The minimum absolute atomic E-state index is 0.0837. The van der Waals surface area contributed by atoms with Crippen molar-refractivity contribution in [2.75, 3.05) is 32.1 Å². The fraction of sp³-hybridized carbons (Fsp3) is 0.333. The van der Waals surface area contributed by atoms with Gasteiger partial charge in [0, 0.05) is 48.9 Å². The fourth-order valence-electron chi connectivity index (χ4n) is 3.97. The first-order valence-corrected chi connectivity index (χ1v) is 9.61. The Kier molecular flexibility index (Phi) is 5.52. The first-order valence-electron chi connectivity index (χ1n) is 9.61. The average Bonchev–Trinajstić information content (AvgIpc) is 3.07. The van der Waals surface area contributed by atoms with Gasteiger partial charge in [0.1, 0.15) is 29.0 Å². The number of anilines is 1. The number of ether oxygens (including phenoxy) is 1. The van der Waals surface area contributed by atoms with Gasteiger partial charge >= 0.3 is 6.03 Å². The van der Waals surface area contributed by atoms with Crippen LogP contribution in [-0.4, -0.2) is 49.6 Å². The number of benzene rings is 2. The van der Waals surface area contributed by atoms with Crippen molar-refractivity contribution in [3.05, 3.63) is 59.4 Å². The van der Waals surface area contributed by atoms with E-state index in [0.29, 0.717) is 31.2 Å². The Labute approximate surface area is 171 Å². The van der Waals surface area contributed by atoms with Crippen LogP contribution in [0.15, 0.2) is 41.4 Å². The molecule has 6 nitrogen and oxygen atoms in total. The number of hydrogen-bond donors (Lipinski definition) is 2. The Hall–Kier alpha value is -3.23. The van der Waals surface area contributed by atoms with E-state index in [9.17, 15) is 18.0 Å². The van der Waals surface area contributed by atoms with Crippen molar-refractivity contribution >= 4 is 17.6 Å². The van der Waals surface area contributed by atoms with E-state index in [1.54, 1.807) is 0 Å². The summed E-state index contributed by atoms with van der Waals surface area (Å²) >= 11 is 0. The van der Waals surface area contributed by atoms with Crippen LogP contribution in [0.4, 0.5) is 23.7 Å². The summed E-state index contributed by atoms with van der Waals surface area (Å²) < 4.78 is 47.6. The van der Waals surface area contributed by atoms with Gasteiger partial charge in [-0.05, 0) is 30.7 Å². The first kappa shape index (κ1) is 20.1. The molecule has 4 rings (SSSR count).